The zero-order valence-corrected chi connectivity index (χ0v) is 14.2. The van der Waals surface area contributed by atoms with Gasteiger partial charge in [-0.2, -0.15) is 0 Å². The number of carbonyl (C=O) groups is 2. The van der Waals surface area contributed by atoms with E-state index in [-0.39, 0.29) is 17.7 Å². The van der Waals surface area contributed by atoms with Crippen LogP contribution in [0.1, 0.15) is 18.7 Å². The maximum atomic E-state index is 12.2. The molecule has 0 aromatic carbocycles. The Kier molecular flexibility index (Phi) is 5.21. The van der Waals surface area contributed by atoms with Crippen LogP contribution in [0.5, 0.6) is 0 Å². The van der Waals surface area contributed by atoms with Gasteiger partial charge in [-0.15, -0.1) is 11.3 Å². The number of rotatable bonds is 3. The van der Waals surface area contributed by atoms with Crippen molar-refractivity contribution in [2.24, 2.45) is 5.92 Å². The fourth-order valence-corrected chi connectivity index (χ4v) is 3.69. The van der Waals surface area contributed by atoms with Gasteiger partial charge in [-0.3, -0.25) is 9.59 Å². The Labute approximate surface area is 131 Å². The molecule has 0 spiro atoms. The molecule has 0 radical (unpaired) electrons. The molecule has 2 rings (SSSR count). The first kappa shape index (κ1) is 15.5. The molecule has 2 heterocycles. The topological polar surface area (TPSA) is 40.6 Å². The van der Waals surface area contributed by atoms with Gasteiger partial charge in [0, 0.05) is 46.8 Å². The van der Waals surface area contributed by atoms with Crippen LogP contribution in [0.25, 0.3) is 0 Å². The van der Waals surface area contributed by atoms with Crippen molar-refractivity contribution >= 4 is 39.1 Å². The molecule has 0 atom stereocenters. The van der Waals surface area contributed by atoms with Crippen LogP contribution in [0, 0.1) is 5.92 Å². The van der Waals surface area contributed by atoms with E-state index in [4.69, 9.17) is 0 Å². The van der Waals surface area contributed by atoms with E-state index in [1.807, 2.05) is 35.1 Å². The van der Waals surface area contributed by atoms with Crippen molar-refractivity contribution in [2.75, 3.05) is 26.2 Å². The third-order valence-corrected chi connectivity index (χ3v) is 5.08. The summed E-state index contributed by atoms with van der Waals surface area (Å²) >= 11 is 4.99. The normalized spacial score (nSPS) is 15.8. The van der Waals surface area contributed by atoms with Crippen molar-refractivity contribution in [3.63, 3.8) is 0 Å². The van der Waals surface area contributed by atoms with E-state index in [0.717, 1.165) is 9.35 Å². The number of thiophene rings is 1. The zero-order valence-electron chi connectivity index (χ0n) is 11.8. The lowest BCUT2D eigenvalue weighted by molar-refractivity contribution is -0.141. The lowest BCUT2D eigenvalue weighted by Gasteiger charge is -2.35. The monoisotopic (exact) mass is 358 g/mol. The molecule has 20 heavy (non-hydrogen) atoms. The second kappa shape index (κ2) is 6.72. The van der Waals surface area contributed by atoms with E-state index in [1.165, 1.54) is 0 Å². The van der Waals surface area contributed by atoms with Gasteiger partial charge in [-0.25, -0.2) is 0 Å². The third kappa shape index (κ3) is 3.82. The molecule has 1 fully saturated rings. The second-order valence-corrected chi connectivity index (χ2v) is 7.18. The lowest BCUT2D eigenvalue weighted by Crippen LogP contribution is -2.51. The number of halogens is 1. The van der Waals surface area contributed by atoms with Gasteiger partial charge in [-0.05, 0) is 22.0 Å². The summed E-state index contributed by atoms with van der Waals surface area (Å²) in [7, 11) is 0. The molecule has 0 unspecified atom stereocenters. The lowest BCUT2D eigenvalue weighted by atomic mass is 10.1. The predicted octanol–water partition coefficient (Wildman–Crippen LogP) is 2.38. The van der Waals surface area contributed by atoms with E-state index >= 15 is 0 Å². The van der Waals surface area contributed by atoms with Crippen molar-refractivity contribution in [2.45, 2.75) is 20.3 Å². The van der Waals surface area contributed by atoms with E-state index < -0.39 is 0 Å². The number of hydrogen-bond acceptors (Lipinski definition) is 3. The summed E-state index contributed by atoms with van der Waals surface area (Å²) in [6, 6.07) is 1.99. The quantitative estimate of drug-likeness (QED) is 0.832. The van der Waals surface area contributed by atoms with Crippen LogP contribution in [0.15, 0.2) is 15.9 Å². The smallest absolute Gasteiger partial charge is 0.227 e. The summed E-state index contributed by atoms with van der Waals surface area (Å²) in [5.74, 6) is 0.357. The van der Waals surface area contributed by atoms with Crippen molar-refractivity contribution in [1.29, 1.82) is 0 Å². The minimum Gasteiger partial charge on any atom is -0.339 e. The average molecular weight is 359 g/mol. The maximum absolute atomic E-state index is 12.2. The standard InChI is InChI=1S/C14H19BrN2O2S/c1-10(2)14(19)17-5-3-16(4-6-17)13(18)8-12-7-11(15)9-20-12/h7,9-10H,3-6,8H2,1-2H3. The number of piperazine rings is 1. The number of carbonyl (C=O) groups excluding carboxylic acids is 2. The van der Waals surface area contributed by atoms with Gasteiger partial charge in [0.05, 0.1) is 6.42 Å². The summed E-state index contributed by atoms with van der Waals surface area (Å²) in [5, 5.41) is 1.99. The molecule has 0 N–H and O–H groups in total. The Hall–Kier alpha value is -0.880. The highest BCUT2D eigenvalue weighted by molar-refractivity contribution is 9.10. The molecule has 0 aliphatic carbocycles. The Morgan fingerprint density at radius 1 is 1.25 bits per heavy atom. The molecule has 1 saturated heterocycles. The fraction of sp³-hybridized carbons (Fsp3) is 0.571. The van der Waals surface area contributed by atoms with Gasteiger partial charge in [0.2, 0.25) is 11.8 Å². The summed E-state index contributed by atoms with van der Waals surface area (Å²) in [4.78, 5) is 28.9. The van der Waals surface area contributed by atoms with Crippen molar-refractivity contribution < 1.29 is 9.59 Å². The van der Waals surface area contributed by atoms with Crippen LogP contribution < -0.4 is 0 Å². The molecule has 0 bridgehead atoms. The molecule has 6 heteroatoms. The summed E-state index contributed by atoms with van der Waals surface area (Å²) in [6.07, 6.45) is 0.453. The van der Waals surface area contributed by atoms with Crippen LogP contribution in [-0.2, 0) is 16.0 Å². The first-order valence-electron chi connectivity index (χ1n) is 6.77. The Morgan fingerprint density at radius 2 is 1.85 bits per heavy atom. The Balaban J connectivity index is 1.84. The van der Waals surface area contributed by atoms with E-state index in [9.17, 15) is 9.59 Å². The zero-order chi connectivity index (χ0) is 14.7. The molecule has 1 aromatic heterocycles. The Bertz CT molecular complexity index is 493. The van der Waals surface area contributed by atoms with Crippen molar-refractivity contribution in [3.8, 4) is 0 Å². The molecule has 2 amide bonds. The van der Waals surface area contributed by atoms with Crippen LogP contribution in [0.4, 0.5) is 0 Å². The highest BCUT2D eigenvalue weighted by Crippen LogP contribution is 2.21. The molecule has 0 saturated carbocycles. The minimum absolute atomic E-state index is 0.0284. The summed E-state index contributed by atoms with van der Waals surface area (Å²) in [6.45, 7) is 6.41. The van der Waals surface area contributed by atoms with Gasteiger partial charge in [0.15, 0.2) is 0 Å². The molecule has 110 valence electrons. The van der Waals surface area contributed by atoms with Gasteiger partial charge in [-0.1, -0.05) is 13.8 Å². The Morgan fingerprint density at radius 3 is 2.35 bits per heavy atom. The van der Waals surface area contributed by atoms with E-state index in [0.29, 0.717) is 32.6 Å². The molecule has 1 aliphatic rings. The molecule has 1 aliphatic heterocycles. The van der Waals surface area contributed by atoms with E-state index in [1.54, 1.807) is 11.3 Å². The highest BCUT2D eigenvalue weighted by Gasteiger charge is 2.25. The largest absolute Gasteiger partial charge is 0.339 e. The summed E-state index contributed by atoms with van der Waals surface area (Å²) < 4.78 is 1.03. The van der Waals surface area contributed by atoms with Crippen LogP contribution in [-0.4, -0.2) is 47.8 Å². The van der Waals surface area contributed by atoms with Gasteiger partial charge in [0.25, 0.3) is 0 Å². The molecular formula is C14H19BrN2O2S. The maximum Gasteiger partial charge on any atom is 0.227 e. The van der Waals surface area contributed by atoms with Gasteiger partial charge >= 0.3 is 0 Å². The first-order valence-corrected chi connectivity index (χ1v) is 8.44. The minimum atomic E-state index is 0.0284. The van der Waals surface area contributed by atoms with Gasteiger partial charge in [0.1, 0.15) is 0 Å². The number of hydrogen-bond donors (Lipinski definition) is 0. The highest BCUT2D eigenvalue weighted by atomic mass is 79.9. The first-order chi connectivity index (χ1) is 9.47. The van der Waals surface area contributed by atoms with Crippen LogP contribution in [0.2, 0.25) is 0 Å². The van der Waals surface area contributed by atoms with E-state index in [2.05, 4.69) is 15.9 Å². The molecular weight excluding hydrogens is 340 g/mol. The second-order valence-electron chi connectivity index (χ2n) is 5.27. The van der Waals surface area contributed by atoms with Crippen molar-refractivity contribution in [1.82, 2.24) is 9.80 Å². The molecule has 1 aromatic rings. The third-order valence-electron chi connectivity index (χ3n) is 3.39. The number of nitrogens with zero attached hydrogens (tertiary/aromatic N) is 2. The van der Waals surface area contributed by atoms with Crippen LogP contribution >= 0.6 is 27.3 Å². The van der Waals surface area contributed by atoms with Crippen LogP contribution in [0.3, 0.4) is 0 Å². The summed E-state index contributed by atoms with van der Waals surface area (Å²) in [5.41, 5.74) is 0. The molecule has 4 nitrogen and oxygen atoms in total. The predicted molar refractivity (Wildman–Crippen MR) is 83.7 cm³/mol. The van der Waals surface area contributed by atoms with Crippen molar-refractivity contribution in [3.05, 3.63) is 20.8 Å². The van der Waals surface area contributed by atoms with Gasteiger partial charge < -0.3 is 9.80 Å². The SMILES string of the molecule is CC(C)C(=O)N1CCN(C(=O)Cc2cc(Br)cs2)CC1. The average Bonchev–Trinajstić information content (AvgIpc) is 2.83. The fourth-order valence-electron chi connectivity index (χ4n) is 2.25. The number of amides is 2.